The first kappa shape index (κ1) is 14.4. The van der Waals surface area contributed by atoms with Gasteiger partial charge in [-0.1, -0.05) is 30.3 Å². The molecule has 0 aromatic heterocycles. The van der Waals surface area contributed by atoms with E-state index in [1.165, 1.54) is 5.56 Å². The highest BCUT2D eigenvalue weighted by atomic mass is 28.4. The van der Waals surface area contributed by atoms with E-state index in [9.17, 15) is 0 Å². The van der Waals surface area contributed by atoms with Crippen LogP contribution < -0.4 is 0 Å². The van der Waals surface area contributed by atoms with E-state index >= 15 is 0 Å². The van der Waals surface area contributed by atoms with Crippen LogP contribution in [0.1, 0.15) is 12.0 Å². The van der Waals surface area contributed by atoms with Gasteiger partial charge in [-0.3, -0.25) is 0 Å². The van der Waals surface area contributed by atoms with Crippen molar-refractivity contribution in [2.24, 2.45) is 0 Å². The zero-order valence-corrected chi connectivity index (χ0v) is 11.9. The summed E-state index contributed by atoms with van der Waals surface area (Å²) in [4.78, 5) is 0. The highest BCUT2D eigenvalue weighted by molar-refractivity contribution is 6.65. The Morgan fingerprint density at radius 3 is 2.29 bits per heavy atom. The molecule has 17 heavy (non-hydrogen) atoms. The van der Waals surface area contributed by atoms with E-state index in [1.807, 2.05) is 18.2 Å². The van der Waals surface area contributed by atoms with Gasteiger partial charge in [0.1, 0.15) is 0 Å². The quantitative estimate of drug-likeness (QED) is 0.527. The molecule has 0 aliphatic heterocycles. The smallest absolute Gasteiger partial charge is 0.334 e. The predicted molar refractivity (Wildman–Crippen MR) is 71.2 cm³/mol. The maximum Gasteiger partial charge on any atom is 0.334 e. The number of benzene rings is 1. The number of ether oxygens (including phenoxy) is 1. The average Bonchev–Trinajstić information content (AvgIpc) is 2.39. The molecule has 3 nitrogen and oxygen atoms in total. The molecule has 0 spiro atoms. The normalized spacial score (nSPS) is 11.7. The fourth-order valence-corrected chi connectivity index (χ4v) is 2.91. The minimum absolute atomic E-state index is 0.680. The van der Waals surface area contributed by atoms with Gasteiger partial charge in [-0.25, -0.2) is 0 Å². The molecule has 1 rings (SSSR count). The lowest BCUT2D eigenvalue weighted by atomic mass is 10.2. The van der Waals surface area contributed by atoms with Crippen molar-refractivity contribution in [2.45, 2.75) is 25.6 Å². The lowest BCUT2D eigenvalue weighted by Crippen LogP contribution is -2.36. The first-order valence-electron chi connectivity index (χ1n) is 5.92. The molecule has 0 saturated heterocycles. The fourth-order valence-electron chi connectivity index (χ4n) is 1.55. The molecule has 0 unspecified atom stereocenters. The minimum atomic E-state index is -1.91. The third-order valence-electron chi connectivity index (χ3n) is 2.89. The lowest BCUT2D eigenvalue weighted by molar-refractivity contribution is 0.118. The SMILES string of the molecule is CO[Si](C)(CCCOCc1ccccc1)OC. The zero-order chi connectivity index (χ0) is 12.6. The average molecular weight is 254 g/mol. The maximum absolute atomic E-state index is 5.62. The standard InChI is InChI=1S/C13H22O3Si/c1-14-17(3,15-2)11-7-10-16-12-13-8-5-4-6-9-13/h4-6,8-9H,7,10-12H2,1-3H3. The molecule has 0 radical (unpaired) electrons. The Hall–Kier alpha value is -0.683. The van der Waals surface area contributed by atoms with Crippen LogP contribution in [0.3, 0.4) is 0 Å². The molecule has 0 bridgehead atoms. The van der Waals surface area contributed by atoms with Crippen molar-refractivity contribution in [3.8, 4) is 0 Å². The van der Waals surface area contributed by atoms with E-state index in [4.69, 9.17) is 13.6 Å². The molecule has 1 aromatic carbocycles. The molecule has 96 valence electrons. The van der Waals surface area contributed by atoms with E-state index in [-0.39, 0.29) is 0 Å². The van der Waals surface area contributed by atoms with Crippen LogP contribution in [0.2, 0.25) is 12.6 Å². The highest BCUT2D eigenvalue weighted by Gasteiger charge is 2.27. The van der Waals surface area contributed by atoms with Gasteiger partial charge in [-0.15, -0.1) is 0 Å². The fraction of sp³-hybridized carbons (Fsp3) is 0.538. The van der Waals surface area contributed by atoms with Gasteiger partial charge in [0, 0.05) is 20.8 Å². The predicted octanol–water partition coefficient (Wildman–Crippen LogP) is 2.96. The monoisotopic (exact) mass is 254 g/mol. The third kappa shape index (κ3) is 5.45. The topological polar surface area (TPSA) is 27.7 Å². The Kier molecular flexibility index (Phi) is 6.43. The Morgan fingerprint density at radius 2 is 1.71 bits per heavy atom. The van der Waals surface area contributed by atoms with Crippen molar-refractivity contribution < 1.29 is 13.6 Å². The molecule has 0 fully saturated rings. The molecular weight excluding hydrogens is 232 g/mol. The zero-order valence-electron chi connectivity index (χ0n) is 10.9. The lowest BCUT2D eigenvalue weighted by Gasteiger charge is -2.22. The molecule has 0 heterocycles. The van der Waals surface area contributed by atoms with Gasteiger partial charge < -0.3 is 13.6 Å². The first-order chi connectivity index (χ1) is 8.20. The molecule has 0 saturated carbocycles. The summed E-state index contributed by atoms with van der Waals surface area (Å²) in [5, 5.41) is 0. The van der Waals surface area contributed by atoms with Gasteiger partial charge in [0.05, 0.1) is 6.61 Å². The van der Waals surface area contributed by atoms with E-state index < -0.39 is 8.56 Å². The van der Waals surface area contributed by atoms with Crippen LogP contribution in [0.15, 0.2) is 30.3 Å². The van der Waals surface area contributed by atoms with Crippen molar-refractivity contribution in [1.82, 2.24) is 0 Å². The summed E-state index contributed by atoms with van der Waals surface area (Å²) in [7, 11) is 1.54. The van der Waals surface area contributed by atoms with E-state index in [0.29, 0.717) is 6.61 Å². The number of hydrogen-bond acceptors (Lipinski definition) is 3. The molecular formula is C13H22O3Si. The van der Waals surface area contributed by atoms with Crippen LogP contribution in [-0.4, -0.2) is 29.4 Å². The molecule has 0 aliphatic rings. The second-order valence-electron chi connectivity index (χ2n) is 4.18. The maximum atomic E-state index is 5.62. The largest absolute Gasteiger partial charge is 0.398 e. The molecule has 0 amide bonds. The number of hydrogen-bond donors (Lipinski definition) is 0. The second kappa shape index (κ2) is 7.61. The summed E-state index contributed by atoms with van der Waals surface area (Å²) >= 11 is 0. The summed E-state index contributed by atoms with van der Waals surface area (Å²) in [6, 6.07) is 11.2. The Morgan fingerprint density at radius 1 is 1.06 bits per heavy atom. The van der Waals surface area contributed by atoms with Crippen LogP contribution in [-0.2, 0) is 20.2 Å². The van der Waals surface area contributed by atoms with Crippen LogP contribution in [0.5, 0.6) is 0 Å². The van der Waals surface area contributed by atoms with Crippen molar-refractivity contribution in [3.63, 3.8) is 0 Å². The summed E-state index contributed by atoms with van der Waals surface area (Å²) in [5.41, 5.74) is 1.21. The third-order valence-corrected chi connectivity index (χ3v) is 5.88. The summed E-state index contributed by atoms with van der Waals surface area (Å²) < 4.78 is 16.4. The van der Waals surface area contributed by atoms with Crippen LogP contribution in [0, 0.1) is 0 Å². The molecule has 4 heteroatoms. The summed E-state index contributed by atoms with van der Waals surface area (Å²) in [5.74, 6) is 0. The van der Waals surface area contributed by atoms with E-state index in [1.54, 1.807) is 14.2 Å². The van der Waals surface area contributed by atoms with Crippen molar-refractivity contribution in [2.75, 3.05) is 20.8 Å². The van der Waals surface area contributed by atoms with Gasteiger partial charge in [0.2, 0.25) is 0 Å². The van der Waals surface area contributed by atoms with Crippen molar-refractivity contribution >= 4 is 8.56 Å². The Labute approximate surface area is 105 Å². The summed E-state index contributed by atoms with van der Waals surface area (Å²) in [6.07, 6.45) is 0.983. The van der Waals surface area contributed by atoms with Gasteiger partial charge in [-0.05, 0) is 24.6 Å². The van der Waals surface area contributed by atoms with Gasteiger partial charge in [0.15, 0.2) is 0 Å². The van der Waals surface area contributed by atoms with Gasteiger partial charge >= 0.3 is 8.56 Å². The highest BCUT2D eigenvalue weighted by Crippen LogP contribution is 2.13. The van der Waals surface area contributed by atoms with Gasteiger partial charge in [0.25, 0.3) is 0 Å². The molecule has 0 N–H and O–H groups in total. The molecule has 1 aromatic rings. The van der Waals surface area contributed by atoms with Crippen LogP contribution >= 0.6 is 0 Å². The number of rotatable bonds is 8. The second-order valence-corrected chi connectivity index (χ2v) is 7.77. The summed E-state index contributed by atoms with van der Waals surface area (Å²) in [6.45, 7) is 3.51. The Balaban J connectivity index is 2.13. The minimum Gasteiger partial charge on any atom is -0.398 e. The Bertz CT molecular complexity index is 299. The van der Waals surface area contributed by atoms with Crippen molar-refractivity contribution in [1.29, 1.82) is 0 Å². The van der Waals surface area contributed by atoms with Crippen LogP contribution in [0.4, 0.5) is 0 Å². The van der Waals surface area contributed by atoms with Crippen LogP contribution in [0.25, 0.3) is 0 Å². The van der Waals surface area contributed by atoms with E-state index in [0.717, 1.165) is 19.1 Å². The molecule has 0 atom stereocenters. The molecule has 0 aliphatic carbocycles. The van der Waals surface area contributed by atoms with Crippen molar-refractivity contribution in [3.05, 3.63) is 35.9 Å². The van der Waals surface area contributed by atoms with Gasteiger partial charge in [-0.2, -0.15) is 0 Å². The van der Waals surface area contributed by atoms with E-state index in [2.05, 4.69) is 18.7 Å². The first-order valence-corrected chi connectivity index (χ1v) is 8.44.